The lowest BCUT2D eigenvalue weighted by Gasteiger charge is -2.30. The van der Waals surface area contributed by atoms with Gasteiger partial charge < -0.3 is 0 Å². The summed E-state index contributed by atoms with van der Waals surface area (Å²) in [6.45, 7) is 5.76. The topological polar surface area (TPSA) is 0 Å². The molecule has 1 saturated carbocycles. The Morgan fingerprint density at radius 3 is 2.42 bits per heavy atom. The minimum atomic E-state index is 0.300. The van der Waals surface area contributed by atoms with Gasteiger partial charge in [0.15, 0.2) is 0 Å². The molecule has 0 radical (unpaired) electrons. The fraction of sp³-hybridized carbons (Fsp3) is 0.583. The van der Waals surface area contributed by atoms with Gasteiger partial charge in [-0.2, -0.15) is 0 Å². The van der Waals surface area contributed by atoms with Crippen LogP contribution in [0.25, 0.3) is 0 Å². The van der Waals surface area contributed by atoms with Crippen molar-refractivity contribution in [3.63, 3.8) is 0 Å². The second-order valence-corrected chi connectivity index (χ2v) is 3.64. The van der Waals surface area contributed by atoms with Gasteiger partial charge >= 0.3 is 0 Å². The Kier molecular flexibility index (Phi) is 3.37. The third kappa shape index (κ3) is 2.12. The summed E-state index contributed by atoms with van der Waals surface area (Å²) in [7, 11) is 0. The Morgan fingerprint density at radius 1 is 1.25 bits per heavy atom. The standard InChI is InChI=1S/C12H18/c1-3-8-12(9-4-2)10-6-5-7-11-12/h4,8-9H,1,5-7,10-11H2,2H3/b9-4-. The highest BCUT2D eigenvalue weighted by atomic mass is 14.3. The van der Waals surface area contributed by atoms with Crippen LogP contribution >= 0.6 is 0 Å². The smallest absolute Gasteiger partial charge is 0.0136 e. The summed E-state index contributed by atoms with van der Waals surface area (Å²) in [5.41, 5.74) is 3.24. The van der Waals surface area contributed by atoms with Crippen LogP contribution in [0, 0.1) is 5.41 Å². The van der Waals surface area contributed by atoms with Crippen LogP contribution in [0.1, 0.15) is 39.0 Å². The van der Waals surface area contributed by atoms with Crippen LogP contribution in [0.2, 0.25) is 0 Å². The first-order valence-electron chi connectivity index (χ1n) is 4.84. The predicted molar refractivity (Wildman–Crippen MR) is 54.0 cm³/mol. The van der Waals surface area contributed by atoms with Crippen LogP contribution in [0.3, 0.4) is 0 Å². The lowest BCUT2D eigenvalue weighted by atomic mass is 9.74. The molecule has 0 nitrogen and oxygen atoms in total. The van der Waals surface area contributed by atoms with Gasteiger partial charge in [0.1, 0.15) is 0 Å². The minimum Gasteiger partial charge on any atom is -0.132 e. The third-order valence-corrected chi connectivity index (χ3v) is 2.67. The monoisotopic (exact) mass is 162 g/mol. The maximum Gasteiger partial charge on any atom is 0.0136 e. The van der Waals surface area contributed by atoms with Crippen LogP contribution < -0.4 is 0 Å². The third-order valence-electron chi connectivity index (χ3n) is 2.67. The minimum absolute atomic E-state index is 0.300. The molecule has 12 heavy (non-hydrogen) atoms. The quantitative estimate of drug-likeness (QED) is 0.427. The van der Waals surface area contributed by atoms with Crippen molar-refractivity contribution in [3.8, 4) is 0 Å². The molecule has 0 aromatic heterocycles. The summed E-state index contributed by atoms with van der Waals surface area (Å²) in [4.78, 5) is 0. The highest BCUT2D eigenvalue weighted by molar-refractivity contribution is 5.11. The first-order valence-corrected chi connectivity index (χ1v) is 4.84. The number of hydrogen-bond acceptors (Lipinski definition) is 0. The lowest BCUT2D eigenvalue weighted by Crippen LogP contribution is -2.18. The van der Waals surface area contributed by atoms with Crippen molar-refractivity contribution in [1.29, 1.82) is 0 Å². The molecule has 0 saturated heterocycles. The van der Waals surface area contributed by atoms with Gasteiger partial charge in [0.25, 0.3) is 0 Å². The van der Waals surface area contributed by atoms with Crippen LogP contribution in [-0.4, -0.2) is 0 Å². The van der Waals surface area contributed by atoms with E-state index in [1.165, 1.54) is 32.1 Å². The summed E-state index contributed by atoms with van der Waals surface area (Å²) in [5, 5.41) is 0. The zero-order valence-corrected chi connectivity index (χ0v) is 7.97. The van der Waals surface area contributed by atoms with E-state index in [2.05, 4.69) is 37.5 Å². The van der Waals surface area contributed by atoms with Crippen molar-refractivity contribution < 1.29 is 0 Å². The zero-order chi connectivity index (χ0) is 8.86. The SMILES string of the molecule is C=C=CC1(/C=C\C)CCCCC1. The van der Waals surface area contributed by atoms with Crippen molar-refractivity contribution in [2.75, 3.05) is 0 Å². The normalized spacial score (nSPS) is 22.1. The average Bonchev–Trinajstić information content (AvgIpc) is 2.07. The first-order chi connectivity index (χ1) is 5.83. The maximum absolute atomic E-state index is 3.67. The predicted octanol–water partition coefficient (Wildman–Crippen LogP) is 3.85. The molecular weight excluding hydrogens is 144 g/mol. The van der Waals surface area contributed by atoms with Gasteiger partial charge in [-0.1, -0.05) is 38.0 Å². The van der Waals surface area contributed by atoms with Gasteiger partial charge in [-0.15, -0.1) is 5.73 Å². The summed E-state index contributed by atoms with van der Waals surface area (Å²) >= 11 is 0. The zero-order valence-electron chi connectivity index (χ0n) is 7.97. The maximum atomic E-state index is 3.67. The molecule has 1 aliphatic rings. The molecule has 0 spiro atoms. The second-order valence-electron chi connectivity index (χ2n) is 3.64. The Labute approximate surface area is 75.7 Å². The van der Waals surface area contributed by atoms with Crippen molar-refractivity contribution in [3.05, 3.63) is 30.5 Å². The van der Waals surface area contributed by atoms with Gasteiger partial charge in [0, 0.05) is 5.41 Å². The Balaban J connectivity index is 2.76. The van der Waals surface area contributed by atoms with E-state index in [9.17, 15) is 0 Å². The number of hydrogen-bond donors (Lipinski definition) is 0. The number of rotatable bonds is 2. The van der Waals surface area contributed by atoms with Gasteiger partial charge in [0.05, 0.1) is 0 Å². The first kappa shape index (κ1) is 9.35. The molecule has 0 unspecified atom stereocenters. The van der Waals surface area contributed by atoms with Crippen molar-refractivity contribution in [1.82, 2.24) is 0 Å². The molecule has 0 amide bonds. The van der Waals surface area contributed by atoms with Gasteiger partial charge in [-0.25, -0.2) is 0 Å². The molecule has 0 N–H and O–H groups in total. The molecule has 1 fully saturated rings. The van der Waals surface area contributed by atoms with E-state index in [4.69, 9.17) is 0 Å². The largest absolute Gasteiger partial charge is 0.132 e. The Bertz CT molecular complexity index is 198. The van der Waals surface area contributed by atoms with Crippen LogP contribution in [0.15, 0.2) is 30.5 Å². The molecule has 0 bridgehead atoms. The van der Waals surface area contributed by atoms with E-state index >= 15 is 0 Å². The molecule has 0 aromatic rings. The molecule has 1 rings (SSSR count). The van der Waals surface area contributed by atoms with Crippen molar-refractivity contribution in [2.24, 2.45) is 5.41 Å². The van der Waals surface area contributed by atoms with Gasteiger partial charge in [-0.05, 0) is 25.8 Å². The summed E-state index contributed by atoms with van der Waals surface area (Å²) in [6.07, 6.45) is 13.3. The van der Waals surface area contributed by atoms with Gasteiger partial charge in [-0.3, -0.25) is 0 Å². The highest BCUT2D eigenvalue weighted by Gasteiger charge is 2.25. The van der Waals surface area contributed by atoms with E-state index < -0.39 is 0 Å². The van der Waals surface area contributed by atoms with Gasteiger partial charge in [0.2, 0.25) is 0 Å². The van der Waals surface area contributed by atoms with E-state index in [0.29, 0.717) is 5.41 Å². The van der Waals surface area contributed by atoms with Crippen LogP contribution in [0.4, 0.5) is 0 Å². The van der Waals surface area contributed by atoms with Crippen LogP contribution in [-0.2, 0) is 0 Å². The van der Waals surface area contributed by atoms with Crippen molar-refractivity contribution >= 4 is 0 Å². The average molecular weight is 162 g/mol. The Morgan fingerprint density at radius 2 is 1.92 bits per heavy atom. The van der Waals surface area contributed by atoms with Crippen LogP contribution in [0.5, 0.6) is 0 Å². The fourth-order valence-corrected chi connectivity index (χ4v) is 2.10. The summed E-state index contributed by atoms with van der Waals surface area (Å²) in [6, 6.07) is 0. The van der Waals surface area contributed by atoms with Crippen molar-refractivity contribution in [2.45, 2.75) is 39.0 Å². The fourth-order valence-electron chi connectivity index (χ4n) is 2.10. The molecule has 1 aliphatic carbocycles. The molecule has 0 heteroatoms. The molecular formula is C12H18. The Hall–Kier alpha value is -0.740. The van der Waals surface area contributed by atoms with E-state index in [-0.39, 0.29) is 0 Å². The highest BCUT2D eigenvalue weighted by Crippen LogP contribution is 2.38. The molecule has 0 heterocycles. The summed E-state index contributed by atoms with van der Waals surface area (Å²) in [5.74, 6) is 0. The van der Waals surface area contributed by atoms with E-state index in [1.54, 1.807) is 0 Å². The number of allylic oxidation sites excluding steroid dienone is 3. The lowest BCUT2D eigenvalue weighted by molar-refractivity contribution is 0.326. The molecule has 0 aliphatic heterocycles. The second kappa shape index (κ2) is 4.33. The summed E-state index contributed by atoms with van der Waals surface area (Å²) < 4.78 is 0. The molecule has 0 aromatic carbocycles. The molecule has 66 valence electrons. The van der Waals surface area contributed by atoms with E-state index in [1.807, 2.05) is 0 Å². The molecule has 0 atom stereocenters. The van der Waals surface area contributed by atoms with E-state index in [0.717, 1.165) is 0 Å².